The number of nitrogens with zero attached hydrogens (tertiary/aromatic N) is 1. The molecule has 2 atom stereocenters. The minimum atomic E-state index is -0.403. The third-order valence-electron chi connectivity index (χ3n) is 3.82. The minimum Gasteiger partial charge on any atom is -0.459 e. The lowest BCUT2D eigenvalue weighted by molar-refractivity contribution is -0.120. The summed E-state index contributed by atoms with van der Waals surface area (Å²) in [5.41, 5.74) is 0.592. The number of nitrogens with one attached hydrogen (secondary N) is 2. The highest BCUT2D eigenvalue weighted by molar-refractivity contribution is 5.78. The zero-order chi connectivity index (χ0) is 15.5. The van der Waals surface area contributed by atoms with E-state index in [1.165, 1.54) is 0 Å². The standard InChI is InChI=1S/C15H19N3O4/c1-9-11(18-15(22-9)13-3-2-4-21-13)5-14(20)17-7-10-6-16-8-12(10)19/h2-4,10,12,16,19H,5-8H2,1H3,(H,17,20). The van der Waals surface area contributed by atoms with Gasteiger partial charge in [0.1, 0.15) is 5.76 Å². The Balaban J connectivity index is 1.57. The third-order valence-corrected chi connectivity index (χ3v) is 3.82. The number of rotatable bonds is 5. The number of furan rings is 1. The van der Waals surface area contributed by atoms with Gasteiger partial charge in [0.05, 0.1) is 24.5 Å². The summed E-state index contributed by atoms with van der Waals surface area (Å²) in [4.78, 5) is 16.3. The lowest BCUT2D eigenvalue weighted by atomic mass is 10.1. The molecule has 1 amide bonds. The molecule has 0 radical (unpaired) electrons. The number of aliphatic hydroxyl groups excluding tert-OH is 1. The van der Waals surface area contributed by atoms with Crippen LogP contribution < -0.4 is 10.6 Å². The van der Waals surface area contributed by atoms with E-state index < -0.39 is 6.10 Å². The molecule has 3 heterocycles. The van der Waals surface area contributed by atoms with Gasteiger partial charge in [0.25, 0.3) is 5.89 Å². The van der Waals surface area contributed by atoms with Crippen molar-refractivity contribution in [2.24, 2.45) is 5.92 Å². The molecule has 2 unspecified atom stereocenters. The molecule has 3 rings (SSSR count). The summed E-state index contributed by atoms with van der Waals surface area (Å²) in [6.45, 7) is 3.52. The normalized spacial score (nSPS) is 21.2. The minimum absolute atomic E-state index is 0.0565. The Morgan fingerprint density at radius 2 is 2.41 bits per heavy atom. The van der Waals surface area contributed by atoms with E-state index in [1.807, 2.05) is 0 Å². The van der Waals surface area contributed by atoms with E-state index in [0.717, 1.165) is 0 Å². The molecule has 0 bridgehead atoms. The number of carbonyl (C=O) groups is 1. The molecule has 118 valence electrons. The molecule has 7 nitrogen and oxygen atoms in total. The van der Waals surface area contributed by atoms with Gasteiger partial charge in [0, 0.05) is 25.6 Å². The predicted octanol–water partition coefficient (Wildman–Crippen LogP) is 0.482. The highest BCUT2D eigenvalue weighted by Crippen LogP contribution is 2.22. The topological polar surface area (TPSA) is 101 Å². The Labute approximate surface area is 127 Å². The second kappa shape index (κ2) is 6.33. The molecule has 0 saturated carbocycles. The SMILES string of the molecule is Cc1oc(-c2ccco2)nc1CC(=O)NCC1CNCC1O. The van der Waals surface area contributed by atoms with Crippen LogP contribution >= 0.6 is 0 Å². The number of carbonyl (C=O) groups excluding carboxylic acids is 1. The van der Waals surface area contributed by atoms with Crippen molar-refractivity contribution in [3.05, 3.63) is 29.9 Å². The molecule has 1 saturated heterocycles. The lowest BCUT2D eigenvalue weighted by Crippen LogP contribution is -2.35. The van der Waals surface area contributed by atoms with Crippen molar-refractivity contribution in [2.75, 3.05) is 19.6 Å². The van der Waals surface area contributed by atoms with Gasteiger partial charge < -0.3 is 24.6 Å². The van der Waals surface area contributed by atoms with Gasteiger partial charge in [-0.25, -0.2) is 4.98 Å². The molecule has 3 N–H and O–H groups in total. The van der Waals surface area contributed by atoms with E-state index >= 15 is 0 Å². The van der Waals surface area contributed by atoms with Crippen LogP contribution in [0.1, 0.15) is 11.5 Å². The van der Waals surface area contributed by atoms with Crippen molar-refractivity contribution < 1.29 is 18.7 Å². The van der Waals surface area contributed by atoms with Crippen LogP contribution in [0, 0.1) is 12.8 Å². The number of hydrogen-bond acceptors (Lipinski definition) is 6. The quantitative estimate of drug-likeness (QED) is 0.743. The molecule has 1 aliphatic rings. The van der Waals surface area contributed by atoms with E-state index in [4.69, 9.17) is 8.83 Å². The number of aromatic nitrogens is 1. The van der Waals surface area contributed by atoms with E-state index in [1.54, 1.807) is 25.3 Å². The maximum atomic E-state index is 12.0. The smallest absolute Gasteiger partial charge is 0.263 e. The Bertz CT molecular complexity index is 635. The summed E-state index contributed by atoms with van der Waals surface area (Å²) in [5, 5.41) is 15.6. The first kappa shape index (κ1) is 14.8. The molecule has 22 heavy (non-hydrogen) atoms. The van der Waals surface area contributed by atoms with Gasteiger partial charge in [-0.15, -0.1) is 0 Å². The first-order chi connectivity index (χ1) is 10.6. The molecule has 2 aromatic rings. The highest BCUT2D eigenvalue weighted by atomic mass is 16.4. The first-order valence-corrected chi connectivity index (χ1v) is 7.29. The average molecular weight is 305 g/mol. The number of aliphatic hydroxyl groups is 1. The molecule has 0 aliphatic carbocycles. The van der Waals surface area contributed by atoms with E-state index in [-0.39, 0.29) is 18.2 Å². The van der Waals surface area contributed by atoms with Crippen LogP contribution in [0.3, 0.4) is 0 Å². The molecule has 7 heteroatoms. The number of aryl methyl sites for hydroxylation is 1. The van der Waals surface area contributed by atoms with Crippen molar-refractivity contribution >= 4 is 5.91 Å². The summed E-state index contributed by atoms with van der Waals surface area (Å²) in [5.74, 6) is 1.43. The summed E-state index contributed by atoms with van der Waals surface area (Å²) < 4.78 is 10.7. The van der Waals surface area contributed by atoms with Gasteiger partial charge in [0.15, 0.2) is 5.76 Å². The maximum absolute atomic E-state index is 12.0. The molecule has 1 fully saturated rings. The lowest BCUT2D eigenvalue weighted by Gasteiger charge is -2.13. The summed E-state index contributed by atoms with van der Waals surface area (Å²) in [6.07, 6.45) is 1.29. The number of amides is 1. The molecule has 0 spiro atoms. The maximum Gasteiger partial charge on any atom is 0.263 e. The Hall–Kier alpha value is -2.12. The number of oxazole rings is 1. The zero-order valence-corrected chi connectivity index (χ0v) is 12.3. The van der Waals surface area contributed by atoms with Gasteiger partial charge in [-0.3, -0.25) is 4.79 Å². The molecule has 1 aliphatic heterocycles. The third kappa shape index (κ3) is 3.20. The van der Waals surface area contributed by atoms with Crippen molar-refractivity contribution in [2.45, 2.75) is 19.4 Å². The van der Waals surface area contributed by atoms with Gasteiger partial charge in [-0.05, 0) is 19.1 Å². The largest absolute Gasteiger partial charge is 0.459 e. The second-order valence-electron chi connectivity index (χ2n) is 5.47. The van der Waals surface area contributed by atoms with Gasteiger partial charge in [-0.2, -0.15) is 0 Å². The van der Waals surface area contributed by atoms with Crippen LogP contribution in [0.2, 0.25) is 0 Å². The monoisotopic (exact) mass is 305 g/mol. The molecule has 2 aromatic heterocycles. The van der Waals surface area contributed by atoms with Crippen molar-refractivity contribution in [1.29, 1.82) is 0 Å². The highest BCUT2D eigenvalue weighted by Gasteiger charge is 2.25. The van der Waals surface area contributed by atoms with Crippen molar-refractivity contribution in [3.63, 3.8) is 0 Å². The van der Waals surface area contributed by atoms with Crippen LogP contribution in [0.5, 0.6) is 0 Å². The van der Waals surface area contributed by atoms with Gasteiger partial charge in [-0.1, -0.05) is 0 Å². The number of β-amino-alcohol motifs (C(OH)–C–C–N with tert-alkyl or cyclic N) is 1. The van der Waals surface area contributed by atoms with Crippen LogP contribution in [0.25, 0.3) is 11.7 Å². The fourth-order valence-corrected chi connectivity index (χ4v) is 2.48. The summed E-state index contributed by atoms with van der Waals surface area (Å²) >= 11 is 0. The summed E-state index contributed by atoms with van der Waals surface area (Å²) in [7, 11) is 0. The van der Waals surface area contributed by atoms with Crippen molar-refractivity contribution in [1.82, 2.24) is 15.6 Å². The van der Waals surface area contributed by atoms with E-state index in [9.17, 15) is 9.90 Å². The number of hydrogen-bond donors (Lipinski definition) is 3. The van der Waals surface area contributed by atoms with Crippen LogP contribution in [-0.2, 0) is 11.2 Å². The van der Waals surface area contributed by atoms with Gasteiger partial charge in [0.2, 0.25) is 5.91 Å². The van der Waals surface area contributed by atoms with Gasteiger partial charge >= 0.3 is 0 Å². The summed E-state index contributed by atoms with van der Waals surface area (Å²) in [6, 6.07) is 3.51. The van der Waals surface area contributed by atoms with E-state index in [0.29, 0.717) is 42.7 Å². The fourth-order valence-electron chi connectivity index (χ4n) is 2.48. The Morgan fingerprint density at radius 3 is 3.09 bits per heavy atom. The molecular weight excluding hydrogens is 286 g/mol. The van der Waals surface area contributed by atoms with Crippen LogP contribution in [0.15, 0.2) is 27.2 Å². The zero-order valence-electron chi connectivity index (χ0n) is 12.3. The van der Waals surface area contributed by atoms with Crippen molar-refractivity contribution in [3.8, 4) is 11.7 Å². The Morgan fingerprint density at radius 1 is 1.55 bits per heavy atom. The fraction of sp³-hybridized carbons (Fsp3) is 0.467. The molecular formula is C15H19N3O4. The van der Waals surface area contributed by atoms with Crippen LogP contribution in [0.4, 0.5) is 0 Å². The Kier molecular flexibility index (Phi) is 4.26. The molecule has 0 aromatic carbocycles. The first-order valence-electron chi connectivity index (χ1n) is 7.29. The van der Waals surface area contributed by atoms with E-state index in [2.05, 4.69) is 15.6 Å². The second-order valence-corrected chi connectivity index (χ2v) is 5.47. The van der Waals surface area contributed by atoms with Crippen LogP contribution in [-0.4, -0.2) is 41.7 Å². The predicted molar refractivity (Wildman–Crippen MR) is 78.0 cm³/mol. The average Bonchev–Trinajstić information content (AvgIpc) is 3.19.